The minimum absolute atomic E-state index is 0.0412. The van der Waals surface area contributed by atoms with Gasteiger partial charge in [-0.05, 0) is 25.0 Å². The lowest BCUT2D eigenvalue weighted by Gasteiger charge is -2.23. The van der Waals surface area contributed by atoms with Crippen LogP contribution in [0.25, 0.3) is 10.6 Å². The third-order valence-electron chi connectivity index (χ3n) is 4.09. The minimum atomic E-state index is -0.441. The molecule has 1 saturated carbocycles. The zero-order chi connectivity index (χ0) is 16.4. The van der Waals surface area contributed by atoms with Crippen molar-refractivity contribution in [3.05, 3.63) is 34.6 Å². The highest BCUT2D eigenvalue weighted by Gasteiger charge is 2.22. The average Bonchev–Trinajstić information content (AvgIpc) is 2.91. The summed E-state index contributed by atoms with van der Waals surface area (Å²) in [5, 5.41) is 15.4. The van der Waals surface area contributed by atoms with Gasteiger partial charge in [-0.1, -0.05) is 36.3 Å². The molecule has 6 nitrogen and oxygen atoms in total. The summed E-state index contributed by atoms with van der Waals surface area (Å²) >= 11 is 1.48. The molecule has 1 fully saturated rings. The summed E-state index contributed by atoms with van der Waals surface area (Å²) in [6, 6.07) is 7.01. The first kappa shape index (κ1) is 15.9. The largest absolute Gasteiger partial charge is 0.391 e. The number of aromatic nitrogens is 2. The summed E-state index contributed by atoms with van der Waals surface area (Å²) in [6.45, 7) is 0. The van der Waals surface area contributed by atoms with E-state index < -0.39 is 5.91 Å². The quantitative estimate of drug-likeness (QED) is 0.891. The van der Waals surface area contributed by atoms with Gasteiger partial charge in [0.25, 0.3) is 0 Å². The molecule has 3 rings (SSSR count). The van der Waals surface area contributed by atoms with Crippen molar-refractivity contribution in [2.45, 2.75) is 37.8 Å². The van der Waals surface area contributed by atoms with Crippen LogP contribution in [0.5, 0.6) is 0 Å². The van der Waals surface area contributed by atoms with Gasteiger partial charge in [-0.15, -0.1) is 0 Å². The van der Waals surface area contributed by atoms with Crippen molar-refractivity contribution in [1.29, 1.82) is 0 Å². The molecular formula is C16H20N4O2S. The van der Waals surface area contributed by atoms with Gasteiger partial charge in [0, 0.05) is 18.2 Å². The Morgan fingerprint density at radius 1 is 1.35 bits per heavy atom. The molecule has 1 aromatic heterocycles. The van der Waals surface area contributed by atoms with Gasteiger partial charge in [0.1, 0.15) is 5.01 Å². The van der Waals surface area contributed by atoms with Gasteiger partial charge in [0.2, 0.25) is 10.7 Å². The summed E-state index contributed by atoms with van der Waals surface area (Å²) in [7, 11) is 1.85. The van der Waals surface area contributed by atoms with E-state index in [-0.39, 0.29) is 12.1 Å². The van der Waals surface area contributed by atoms with Crippen molar-refractivity contribution in [1.82, 2.24) is 9.78 Å². The van der Waals surface area contributed by atoms with Crippen molar-refractivity contribution in [3.8, 4) is 10.6 Å². The predicted molar refractivity (Wildman–Crippen MR) is 88.9 cm³/mol. The Bertz CT molecular complexity index is 763. The van der Waals surface area contributed by atoms with E-state index in [2.05, 4.69) is 10.1 Å². The fraction of sp³-hybridized carbons (Fsp3) is 0.438. The van der Waals surface area contributed by atoms with Gasteiger partial charge < -0.3 is 10.8 Å². The molecule has 122 valence electrons. The smallest absolute Gasteiger partial charge is 0.248 e. The number of hydrogen-bond acceptors (Lipinski definition) is 5. The Balaban J connectivity index is 1.89. The Morgan fingerprint density at radius 2 is 2.04 bits per heavy atom. The van der Waals surface area contributed by atoms with Crippen LogP contribution in [0, 0.1) is 0 Å². The van der Waals surface area contributed by atoms with Gasteiger partial charge >= 0.3 is 0 Å². The normalized spacial score (nSPS) is 22.3. The molecule has 1 aromatic carbocycles. The first-order valence-corrected chi connectivity index (χ1v) is 8.52. The molecule has 2 unspecified atom stereocenters. The topological polar surface area (TPSA) is 93.5 Å². The predicted octanol–water partition coefficient (Wildman–Crippen LogP) is 1.45. The Morgan fingerprint density at radius 3 is 2.70 bits per heavy atom. The van der Waals surface area contributed by atoms with Crippen LogP contribution < -0.4 is 10.5 Å². The van der Waals surface area contributed by atoms with Crippen LogP contribution in [0.4, 0.5) is 0 Å². The van der Waals surface area contributed by atoms with Gasteiger partial charge in [-0.2, -0.15) is 5.10 Å². The third kappa shape index (κ3) is 3.51. The third-order valence-corrected chi connectivity index (χ3v) is 5.16. The molecule has 0 aliphatic heterocycles. The number of nitrogens with two attached hydrogens (primary N) is 1. The molecule has 0 saturated heterocycles. The standard InChI is InChI=1S/C16H20N4O2S/c1-20-16(18-12-4-2-3-5-13(12)21)23-15(19-20)11-8-6-10(7-9-11)14(17)22/h6-9,12-13,21H,2-5H2,1H3,(H2,17,22)/b18-16+. The van der Waals surface area contributed by atoms with Crippen LogP contribution >= 0.6 is 11.3 Å². The molecular weight excluding hydrogens is 312 g/mol. The molecule has 2 atom stereocenters. The average molecular weight is 332 g/mol. The van der Waals surface area contributed by atoms with Crippen molar-refractivity contribution in [2.75, 3.05) is 0 Å². The molecule has 23 heavy (non-hydrogen) atoms. The molecule has 1 aliphatic rings. The Kier molecular flexibility index (Phi) is 4.58. The van der Waals surface area contributed by atoms with Crippen LogP contribution in [0.2, 0.25) is 0 Å². The van der Waals surface area contributed by atoms with E-state index >= 15 is 0 Å². The first-order chi connectivity index (χ1) is 11.0. The number of aryl methyl sites for hydroxylation is 1. The molecule has 7 heteroatoms. The lowest BCUT2D eigenvalue weighted by molar-refractivity contribution is 0.1000. The highest BCUT2D eigenvalue weighted by molar-refractivity contribution is 7.12. The van der Waals surface area contributed by atoms with E-state index in [4.69, 9.17) is 5.73 Å². The second kappa shape index (κ2) is 6.64. The number of carbonyl (C=O) groups is 1. The van der Waals surface area contributed by atoms with E-state index in [9.17, 15) is 9.90 Å². The summed E-state index contributed by atoms with van der Waals surface area (Å²) in [6.07, 6.45) is 3.55. The fourth-order valence-electron chi connectivity index (χ4n) is 2.74. The fourth-order valence-corrected chi connectivity index (χ4v) is 3.69. The lowest BCUT2D eigenvalue weighted by atomic mass is 9.93. The van der Waals surface area contributed by atoms with Gasteiger partial charge in [-0.25, -0.2) is 4.68 Å². The Hall–Kier alpha value is -1.99. The highest BCUT2D eigenvalue weighted by atomic mass is 32.1. The summed E-state index contributed by atoms with van der Waals surface area (Å²) in [5.74, 6) is -0.441. The number of amides is 1. The van der Waals surface area contributed by atoms with Gasteiger partial charge in [-0.3, -0.25) is 9.79 Å². The number of carbonyl (C=O) groups excluding carboxylic acids is 1. The number of aliphatic hydroxyl groups is 1. The lowest BCUT2D eigenvalue weighted by Crippen LogP contribution is -2.30. The van der Waals surface area contributed by atoms with Gasteiger partial charge in [0.05, 0.1) is 12.1 Å². The van der Waals surface area contributed by atoms with E-state index in [1.54, 1.807) is 16.8 Å². The van der Waals surface area contributed by atoms with Gasteiger partial charge in [0.15, 0.2) is 0 Å². The second-order valence-corrected chi connectivity index (χ2v) is 6.76. The maximum atomic E-state index is 11.1. The van der Waals surface area contributed by atoms with E-state index in [1.165, 1.54) is 11.3 Å². The van der Waals surface area contributed by atoms with Crippen LogP contribution in [0.1, 0.15) is 36.0 Å². The SMILES string of the molecule is Cn1nc(-c2ccc(C(N)=O)cc2)s/c1=N/C1CCCCC1O. The number of aliphatic hydroxyl groups excluding tert-OH is 1. The van der Waals surface area contributed by atoms with Crippen LogP contribution in [-0.4, -0.2) is 32.9 Å². The van der Waals surface area contributed by atoms with Crippen LogP contribution in [-0.2, 0) is 7.05 Å². The number of hydrogen-bond donors (Lipinski definition) is 2. The molecule has 0 bridgehead atoms. The molecule has 1 aliphatic carbocycles. The first-order valence-electron chi connectivity index (χ1n) is 7.71. The maximum Gasteiger partial charge on any atom is 0.248 e. The van der Waals surface area contributed by atoms with Crippen molar-refractivity contribution in [2.24, 2.45) is 17.8 Å². The maximum absolute atomic E-state index is 11.1. The number of nitrogens with zero attached hydrogens (tertiary/aromatic N) is 3. The number of rotatable bonds is 3. The molecule has 1 heterocycles. The molecule has 3 N–H and O–H groups in total. The summed E-state index contributed by atoms with van der Waals surface area (Å²) < 4.78 is 1.74. The van der Waals surface area contributed by atoms with Crippen LogP contribution in [0.3, 0.4) is 0 Å². The zero-order valence-electron chi connectivity index (χ0n) is 13.0. The molecule has 0 radical (unpaired) electrons. The number of primary amides is 1. The summed E-state index contributed by atoms with van der Waals surface area (Å²) in [4.78, 5) is 16.6. The van der Waals surface area contributed by atoms with Crippen molar-refractivity contribution in [3.63, 3.8) is 0 Å². The minimum Gasteiger partial charge on any atom is -0.391 e. The second-order valence-electron chi connectivity index (χ2n) is 5.80. The van der Waals surface area contributed by atoms with Crippen LogP contribution in [0.15, 0.2) is 29.3 Å². The zero-order valence-corrected chi connectivity index (χ0v) is 13.8. The van der Waals surface area contributed by atoms with Crippen molar-refractivity contribution >= 4 is 17.2 Å². The summed E-state index contributed by atoms with van der Waals surface area (Å²) in [5.41, 5.74) is 6.65. The van der Waals surface area contributed by atoms with E-state index in [0.717, 1.165) is 41.1 Å². The molecule has 0 spiro atoms. The highest BCUT2D eigenvalue weighted by Crippen LogP contribution is 2.22. The van der Waals surface area contributed by atoms with E-state index in [1.807, 2.05) is 19.2 Å². The molecule has 1 amide bonds. The van der Waals surface area contributed by atoms with E-state index in [0.29, 0.717) is 5.56 Å². The Labute approximate surface area is 138 Å². The number of benzene rings is 1. The monoisotopic (exact) mass is 332 g/mol. The van der Waals surface area contributed by atoms with Crippen molar-refractivity contribution < 1.29 is 9.90 Å². The molecule has 2 aromatic rings.